The second kappa shape index (κ2) is 3.65. The van der Waals surface area contributed by atoms with Crippen molar-refractivity contribution in [3.8, 4) is 5.75 Å². The van der Waals surface area contributed by atoms with E-state index in [-0.39, 0.29) is 11.5 Å². The first kappa shape index (κ1) is 10.2. The third-order valence-electron chi connectivity index (χ3n) is 2.09. The minimum Gasteiger partial charge on any atom is -0.506 e. The number of aliphatic hydroxyl groups is 2. The Bertz CT molecular complexity index is 497. The molecule has 0 fully saturated rings. The average molecular weight is 223 g/mol. The molecule has 6 heteroatoms. The predicted octanol–water partition coefficient (Wildman–Crippen LogP) is 1.03. The van der Waals surface area contributed by atoms with Crippen LogP contribution in [-0.2, 0) is 16.0 Å². The van der Waals surface area contributed by atoms with E-state index in [1.54, 1.807) is 0 Å². The lowest BCUT2D eigenvalue weighted by molar-refractivity contribution is -0.135. The zero-order valence-electron chi connectivity index (χ0n) is 8.10. The number of esters is 1. The van der Waals surface area contributed by atoms with Gasteiger partial charge in [0, 0.05) is 24.4 Å². The Balaban J connectivity index is 2.13. The Morgan fingerprint density at radius 3 is 2.56 bits per heavy atom. The van der Waals surface area contributed by atoms with Crippen LogP contribution in [-0.4, -0.2) is 26.3 Å². The van der Waals surface area contributed by atoms with Crippen LogP contribution in [0.4, 0.5) is 0 Å². The molecule has 1 aromatic rings. The van der Waals surface area contributed by atoms with Crippen molar-refractivity contribution in [1.29, 1.82) is 0 Å². The highest BCUT2D eigenvalue weighted by atomic mass is 16.6. The number of carbonyl (C=O) groups is 1. The minimum atomic E-state index is -0.974. The van der Waals surface area contributed by atoms with E-state index in [1.807, 2.05) is 0 Å². The molecular formula is C10H9NO5. The maximum absolute atomic E-state index is 10.8. The summed E-state index contributed by atoms with van der Waals surface area (Å²) >= 11 is 0. The molecule has 2 rings (SSSR count). The van der Waals surface area contributed by atoms with Crippen molar-refractivity contribution >= 4 is 5.97 Å². The van der Waals surface area contributed by atoms with Crippen LogP contribution < -0.4 is 0 Å². The lowest BCUT2D eigenvalue weighted by Crippen LogP contribution is -1.97. The van der Waals surface area contributed by atoms with Gasteiger partial charge in [0.25, 0.3) is 0 Å². The SMILES string of the molecule is O=C1O/C(=C/Cc2cc(O)c[nH]2)C(O)=C1O. The number of carbonyl (C=O) groups excluding carboxylic acids is 1. The number of cyclic esters (lactones) is 1. The lowest BCUT2D eigenvalue weighted by atomic mass is 10.2. The number of allylic oxidation sites excluding steroid dienone is 1. The van der Waals surface area contributed by atoms with Gasteiger partial charge in [-0.3, -0.25) is 0 Å². The largest absolute Gasteiger partial charge is 0.506 e. The van der Waals surface area contributed by atoms with Gasteiger partial charge in [0.05, 0.1) is 0 Å². The van der Waals surface area contributed by atoms with E-state index in [2.05, 4.69) is 9.72 Å². The fraction of sp³-hybridized carbons (Fsp3) is 0.100. The number of aromatic hydroxyl groups is 1. The number of aliphatic hydroxyl groups excluding tert-OH is 2. The number of ether oxygens (including phenoxy) is 1. The van der Waals surface area contributed by atoms with Gasteiger partial charge < -0.3 is 25.0 Å². The summed E-state index contributed by atoms with van der Waals surface area (Å²) in [5.74, 6) is -2.32. The van der Waals surface area contributed by atoms with E-state index >= 15 is 0 Å². The van der Waals surface area contributed by atoms with Crippen LogP contribution in [0.2, 0.25) is 0 Å². The number of rotatable bonds is 2. The summed E-state index contributed by atoms with van der Waals surface area (Å²) < 4.78 is 4.59. The zero-order chi connectivity index (χ0) is 11.7. The summed E-state index contributed by atoms with van der Waals surface area (Å²) in [7, 11) is 0. The van der Waals surface area contributed by atoms with E-state index < -0.39 is 17.5 Å². The molecule has 1 aliphatic rings. The van der Waals surface area contributed by atoms with Gasteiger partial charge >= 0.3 is 5.97 Å². The Morgan fingerprint density at radius 1 is 1.31 bits per heavy atom. The molecule has 1 aliphatic heterocycles. The van der Waals surface area contributed by atoms with Crippen LogP contribution in [0.3, 0.4) is 0 Å². The third-order valence-corrected chi connectivity index (χ3v) is 2.09. The van der Waals surface area contributed by atoms with Crippen LogP contribution in [0.5, 0.6) is 5.75 Å². The molecule has 0 radical (unpaired) electrons. The van der Waals surface area contributed by atoms with Gasteiger partial charge in [0.15, 0.2) is 5.76 Å². The number of aromatic amines is 1. The van der Waals surface area contributed by atoms with Crippen molar-refractivity contribution in [3.63, 3.8) is 0 Å². The standard InChI is InChI=1S/C10H9NO5/c12-6-3-5(11-4-6)1-2-7-8(13)9(14)10(15)16-7/h2-4,11-14H,1H2/b7-2+. The molecule has 2 heterocycles. The first-order valence-corrected chi connectivity index (χ1v) is 4.49. The van der Waals surface area contributed by atoms with Crippen molar-refractivity contribution in [2.75, 3.05) is 0 Å². The van der Waals surface area contributed by atoms with E-state index in [1.165, 1.54) is 18.3 Å². The first-order chi connectivity index (χ1) is 7.58. The molecule has 0 bridgehead atoms. The average Bonchev–Trinajstić information content (AvgIpc) is 2.76. The van der Waals surface area contributed by atoms with Crippen LogP contribution >= 0.6 is 0 Å². The van der Waals surface area contributed by atoms with Gasteiger partial charge in [0.2, 0.25) is 11.5 Å². The maximum Gasteiger partial charge on any atom is 0.383 e. The second-order valence-electron chi connectivity index (χ2n) is 3.24. The first-order valence-electron chi connectivity index (χ1n) is 4.49. The van der Waals surface area contributed by atoms with E-state index in [0.717, 1.165) is 0 Å². The van der Waals surface area contributed by atoms with Gasteiger partial charge in [-0.15, -0.1) is 0 Å². The van der Waals surface area contributed by atoms with Crippen LogP contribution in [0, 0.1) is 0 Å². The monoisotopic (exact) mass is 223 g/mol. The molecule has 0 saturated heterocycles. The normalized spacial score (nSPS) is 18.2. The number of hydrogen-bond acceptors (Lipinski definition) is 5. The van der Waals surface area contributed by atoms with Gasteiger partial charge in [-0.2, -0.15) is 0 Å². The van der Waals surface area contributed by atoms with Gasteiger partial charge in [-0.25, -0.2) is 4.79 Å². The van der Waals surface area contributed by atoms with Gasteiger partial charge in [0.1, 0.15) is 5.75 Å². The molecule has 0 unspecified atom stereocenters. The molecule has 1 aromatic heterocycles. The molecule has 84 valence electrons. The Labute approximate surface area is 90.1 Å². The number of H-pyrrole nitrogens is 1. The lowest BCUT2D eigenvalue weighted by Gasteiger charge is -1.96. The Morgan fingerprint density at radius 2 is 2.06 bits per heavy atom. The fourth-order valence-corrected chi connectivity index (χ4v) is 1.30. The molecule has 0 spiro atoms. The molecular weight excluding hydrogens is 214 g/mol. The molecule has 16 heavy (non-hydrogen) atoms. The van der Waals surface area contributed by atoms with Crippen molar-refractivity contribution in [3.05, 3.63) is 41.3 Å². The van der Waals surface area contributed by atoms with Crippen LogP contribution in [0.1, 0.15) is 5.69 Å². The molecule has 6 nitrogen and oxygen atoms in total. The van der Waals surface area contributed by atoms with Crippen molar-refractivity contribution in [1.82, 2.24) is 4.98 Å². The van der Waals surface area contributed by atoms with Crippen LogP contribution in [0.15, 0.2) is 35.6 Å². The Kier molecular flexibility index (Phi) is 2.32. The third kappa shape index (κ3) is 1.72. The van der Waals surface area contributed by atoms with Gasteiger partial charge in [-0.1, -0.05) is 0 Å². The number of hydrogen-bond donors (Lipinski definition) is 4. The van der Waals surface area contributed by atoms with E-state index in [4.69, 9.17) is 10.2 Å². The van der Waals surface area contributed by atoms with Crippen LogP contribution in [0.25, 0.3) is 0 Å². The summed E-state index contributed by atoms with van der Waals surface area (Å²) in [4.78, 5) is 13.6. The number of nitrogens with one attached hydrogen (secondary N) is 1. The fourth-order valence-electron chi connectivity index (χ4n) is 1.30. The molecule has 0 aliphatic carbocycles. The highest BCUT2D eigenvalue weighted by molar-refractivity contribution is 5.91. The number of aromatic nitrogens is 1. The topological polar surface area (TPSA) is 103 Å². The predicted molar refractivity (Wildman–Crippen MR) is 52.6 cm³/mol. The van der Waals surface area contributed by atoms with Gasteiger partial charge in [-0.05, 0) is 6.08 Å². The molecule has 0 atom stereocenters. The van der Waals surface area contributed by atoms with E-state index in [9.17, 15) is 9.90 Å². The molecule has 0 amide bonds. The summed E-state index contributed by atoms with van der Waals surface area (Å²) in [6.07, 6.45) is 3.14. The Hall–Kier alpha value is -2.37. The summed E-state index contributed by atoms with van der Waals surface area (Å²) in [5, 5.41) is 27.3. The van der Waals surface area contributed by atoms with E-state index in [0.29, 0.717) is 12.1 Å². The minimum absolute atomic E-state index is 0.0865. The zero-order valence-corrected chi connectivity index (χ0v) is 8.10. The smallest absolute Gasteiger partial charge is 0.383 e. The highest BCUT2D eigenvalue weighted by Gasteiger charge is 2.29. The summed E-state index contributed by atoms with van der Waals surface area (Å²) in [5.41, 5.74) is 0.681. The molecule has 4 N–H and O–H groups in total. The van der Waals surface area contributed by atoms with Crippen molar-refractivity contribution in [2.45, 2.75) is 6.42 Å². The van der Waals surface area contributed by atoms with Crippen molar-refractivity contribution in [2.24, 2.45) is 0 Å². The maximum atomic E-state index is 10.8. The summed E-state index contributed by atoms with van der Waals surface area (Å²) in [6.45, 7) is 0. The quantitative estimate of drug-likeness (QED) is 0.561. The second-order valence-corrected chi connectivity index (χ2v) is 3.24. The highest BCUT2D eigenvalue weighted by Crippen LogP contribution is 2.22. The summed E-state index contributed by atoms with van der Waals surface area (Å²) in [6, 6.07) is 1.49. The van der Waals surface area contributed by atoms with Crippen molar-refractivity contribution < 1.29 is 24.9 Å². The molecule has 0 saturated carbocycles. The molecule has 0 aromatic carbocycles.